The molecule has 0 aliphatic rings. The van der Waals surface area contributed by atoms with Gasteiger partial charge in [0.2, 0.25) is 0 Å². The number of carbonyl (C=O) groups excluding carboxylic acids is 1. The van der Waals surface area contributed by atoms with Crippen LogP contribution in [0, 0.1) is 11.8 Å². The number of halogens is 3. The molecule has 0 aliphatic carbocycles. The molecule has 5 heteroatoms. The van der Waals surface area contributed by atoms with Gasteiger partial charge in [0.05, 0.1) is 18.9 Å². The molecular formula is C10H17F3O2. The van der Waals surface area contributed by atoms with Crippen LogP contribution in [-0.2, 0) is 9.53 Å². The smallest absolute Gasteiger partial charge is 0.389 e. The maximum absolute atomic E-state index is 12.1. The largest absolute Gasteiger partial charge is 0.466 e. The van der Waals surface area contributed by atoms with Gasteiger partial charge >= 0.3 is 12.1 Å². The van der Waals surface area contributed by atoms with Crippen LogP contribution in [0.15, 0.2) is 0 Å². The number of rotatable bonds is 5. The average Bonchev–Trinajstić information content (AvgIpc) is 1.99. The standard InChI is InChI=1S/C10H17F3O2/c1-4-15-9(14)8(5-7(2)3)6-10(11,12)13/h7-8H,4-6H2,1-3H3. The van der Waals surface area contributed by atoms with E-state index in [1.165, 1.54) is 0 Å². The van der Waals surface area contributed by atoms with E-state index < -0.39 is 24.5 Å². The molecule has 15 heavy (non-hydrogen) atoms. The Morgan fingerprint density at radius 2 is 1.87 bits per heavy atom. The Morgan fingerprint density at radius 1 is 1.33 bits per heavy atom. The van der Waals surface area contributed by atoms with E-state index in [2.05, 4.69) is 4.74 Å². The molecule has 0 amide bonds. The van der Waals surface area contributed by atoms with Crippen LogP contribution in [0.1, 0.15) is 33.6 Å². The molecule has 0 saturated heterocycles. The molecule has 0 aromatic carbocycles. The summed E-state index contributed by atoms with van der Waals surface area (Å²) in [4.78, 5) is 11.2. The summed E-state index contributed by atoms with van der Waals surface area (Å²) < 4.78 is 41.1. The van der Waals surface area contributed by atoms with E-state index in [4.69, 9.17) is 0 Å². The van der Waals surface area contributed by atoms with Crippen molar-refractivity contribution in [2.24, 2.45) is 11.8 Å². The minimum Gasteiger partial charge on any atom is -0.466 e. The lowest BCUT2D eigenvalue weighted by Crippen LogP contribution is -2.25. The third kappa shape index (κ3) is 7.22. The zero-order chi connectivity index (χ0) is 12.1. The van der Waals surface area contributed by atoms with Crippen LogP contribution in [0.25, 0.3) is 0 Å². The van der Waals surface area contributed by atoms with E-state index in [-0.39, 0.29) is 18.9 Å². The summed E-state index contributed by atoms with van der Waals surface area (Å²) in [7, 11) is 0. The Labute approximate surface area is 87.8 Å². The lowest BCUT2D eigenvalue weighted by molar-refractivity contribution is -0.168. The lowest BCUT2D eigenvalue weighted by Gasteiger charge is -2.18. The summed E-state index contributed by atoms with van der Waals surface area (Å²) in [6.07, 6.45) is -5.20. The molecule has 1 atom stereocenters. The molecule has 1 unspecified atom stereocenters. The Balaban J connectivity index is 4.37. The highest BCUT2D eigenvalue weighted by molar-refractivity contribution is 5.72. The van der Waals surface area contributed by atoms with Gasteiger partial charge in [0.1, 0.15) is 0 Å². The number of esters is 1. The van der Waals surface area contributed by atoms with Gasteiger partial charge in [-0.3, -0.25) is 4.79 Å². The highest BCUT2D eigenvalue weighted by atomic mass is 19.4. The number of carbonyl (C=O) groups is 1. The van der Waals surface area contributed by atoms with Gasteiger partial charge < -0.3 is 4.74 Å². The van der Waals surface area contributed by atoms with Crippen molar-refractivity contribution in [3.63, 3.8) is 0 Å². The third-order valence-corrected chi connectivity index (χ3v) is 1.85. The first-order valence-corrected chi connectivity index (χ1v) is 4.99. The van der Waals surface area contributed by atoms with Crippen LogP contribution in [0.4, 0.5) is 13.2 Å². The van der Waals surface area contributed by atoms with Gasteiger partial charge in [-0.2, -0.15) is 13.2 Å². The fourth-order valence-electron chi connectivity index (χ4n) is 1.37. The predicted octanol–water partition coefficient (Wildman–Crippen LogP) is 3.16. The third-order valence-electron chi connectivity index (χ3n) is 1.85. The Morgan fingerprint density at radius 3 is 2.20 bits per heavy atom. The van der Waals surface area contributed by atoms with Crippen molar-refractivity contribution >= 4 is 5.97 Å². The van der Waals surface area contributed by atoms with Crippen molar-refractivity contribution < 1.29 is 22.7 Å². The fraction of sp³-hybridized carbons (Fsp3) is 0.900. The van der Waals surface area contributed by atoms with Crippen molar-refractivity contribution in [2.45, 2.75) is 39.8 Å². The molecule has 0 aromatic rings. The molecule has 90 valence electrons. The summed E-state index contributed by atoms with van der Waals surface area (Å²) in [6.45, 7) is 5.26. The molecule has 0 N–H and O–H groups in total. The summed E-state index contributed by atoms with van der Waals surface area (Å²) in [5, 5.41) is 0. The molecule has 0 aromatic heterocycles. The maximum Gasteiger partial charge on any atom is 0.389 e. The van der Waals surface area contributed by atoms with E-state index in [0.717, 1.165) is 0 Å². The van der Waals surface area contributed by atoms with Gasteiger partial charge in [0.15, 0.2) is 0 Å². The van der Waals surface area contributed by atoms with Crippen molar-refractivity contribution in [3.05, 3.63) is 0 Å². The second kappa shape index (κ2) is 5.98. The first-order valence-electron chi connectivity index (χ1n) is 4.99. The van der Waals surface area contributed by atoms with Crippen molar-refractivity contribution in [2.75, 3.05) is 6.61 Å². The highest BCUT2D eigenvalue weighted by Crippen LogP contribution is 2.29. The number of hydrogen-bond donors (Lipinski definition) is 0. The molecule has 0 fully saturated rings. The summed E-state index contributed by atoms with van der Waals surface area (Å²) in [5.41, 5.74) is 0. The lowest BCUT2D eigenvalue weighted by atomic mass is 9.94. The molecule has 0 radical (unpaired) electrons. The molecule has 0 spiro atoms. The van der Waals surface area contributed by atoms with E-state index in [1.54, 1.807) is 20.8 Å². The summed E-state index contributed by atoms with van der Waals surface area (Å²) in [6, 6.07) is 0. The van der Waals surface area contributed by atoms with Crippen molar-refractivity contribution in [1.29, 1.82) is 0 Å². The molecule has 0 saturated carbocycles. The Bertz CT molecular complexity index is 199. The van der Waals surface area contributed by atoms with Crippen LogP contribution in [-0.4, -0.2) is 18.8 Å². The van der Waals surface area contributed by atoms with E-state index in [9.17, 15) is 18.0 Å². The second-order valence-corrected chi connectivity index (χ2v) is 3.90. The van der Waals surface area contributed by atoms with Gasteiger partial charge in [-0.15, -0.1) is 0 Å². The van der Waals surface area contributed by atoms with Crippen molar-refractivity contribution in [3.8, 4) is 0 Å². The van der Waals surface area contributed by atoms with Crippen LogP contribution in [0.2, 0.25) is 0 Å². The normalized spacial score (nSPS) is 14.1. The van der Waals surface area contributed by atoms with Crippen LogP contribution >= 0.6 is 0 Å². The second-order valence-electron chi connectivity index (χ2n) is 3.90. The molecule has 0 heterocycles. The van der Waals surface area contributed by atoms with Crippen LogP contribution in [0.5, 0.6) is 0 Å². The molecular weight excluding hydrogens is 209 g/mol. The number of alkyl halides is 3. The van der Waals surface area contributed by atoms with E-state index in [0.29, 0.717) is 0 Å². The minimum atomic E-state index is -4.31. The molecule has 0 bridgehead atoms. The zero-order valence-corrected chi connectivity index (χ0v) is 9.23. The SMILES string of the molecule is CCOC(=O)C(CC(C)C)CC(F)(F)F. The van der Waals surface area contributed by atoms with Gasteiger partial charge in [0.25, 0.3) is 0 Å². The quantitative estimate of drug-likeness (QED) is 0.673. The predicted molar refractivity (Wildman–Crippen MR) is 50.3 cm³/mol. The van der Waals surface area contributed by atoms with Crippen molar-refractivity contribution in [1.82, 2.24) is 0 Å². The van der Waals surface area contributed by atoms with Crippen LogP contribution in [0.3, 0.4) is 0 Å². The summed E-state index contributed by atoms with van der Waals surface area (Å²) in [5.74, 6) is -1.77. The number of ether oxygens (including phenoxy) is 1. The van der Waals surface area contributed by atoms with E-state index >= 15 is 0 Å². The first kappa shape index (κ1) is 14.3. The van der Waals surface area contributed by atoms with E-state index in [1.807, 2.05) is 0 Å². The minimum absolute atomic E-state index is 0.0433. The van der Waals surface area contributed by atoms with Crippen LogP contribution < -0.4 is 0 Å². The monoisotopic (exact) mass is 226 g/mol. The topological polar surface area (TPSA) is 26.3 Å². The fourth-order valence-corrected chi connectivity index (χ4v) is 1.37. The molecule has 2 nitrogen and oxygen atoms in total. The number of hydrogen-bond acceptors (Lipinski definition) is 2. The zero-order valence-electron chi connectivity index (χ0n) is 9.23. The van der Waals surface area contributed by atoms with Gasteiger partial charge in [0, 0.05) is 0 Å². The Hall–Kier alpha value is -0.740. The molecule has 0 aliphatic heterocycles. The van der Waals surface area contributed by atoms with Gasteiger partial charge in [-0.05, 0) is 19.3 Å². The van der Waals surface area contributed by atoms with Gasteiger partial charge in [-0.1, -0.05) is 13.8 Å². The first-order chi connectivity index (χ1) is 6.76. The average molecular weight is 226 g/mol. The molecule has 0 rings (SSSR count). The maximum atomic E-state index is 12.1. The summed E-state index contributed by atoms with van der Waals surface area (Å²) >= 11 is 0. The highest BCUT2D eigenvalue weighted by Gasteiger charge is 2.36. The van der Waals surface area contributed by atoms with Gasteiger partial charge in [-0.25, -0.2) is 0 Å². The Kier molecular flexibility index (Phi) is 5.68.